The quantitative estimate of drug-likeness (QED) is 0.367. The van der Waals surface area contributed by atoms with Crippen LogP contribution in [-0.2, 0) is 9.59 Å². The van der Waals surface area contributed by atoms with Crippen LogP contribution in [0.4, 0.5) is 0 Å². The zero-order chi connectivity index (χ0) is 16.2. The van der Waals surface area contributed by atoms with E-state index < -0.39 is 11.9 Å². The van der Waals surface area contributed by atoms with E-state index in [9.17, 15) is 0 Å². The minimum atomic E-state index is -2.19. The van der Waals surface area contributed by atoms with E-state index in [-0.39, 0.29) is 0 Å². The van der Waals surface area contributed by atoms with Crippen LogP contribution < -0.4 is 10.2 Å². The first-order chi connectivity index (χ1) is 7.64. The zero-order valence-electron chi connectivity index (χ0n) is 13.0. The maximum atomic E-state index is 8.93. The summed E-state index contributed by atoms with van der Waals surface area (Å²) in [6.07, 6.45) is 0. The highest BCUT2D eigenvalue weighted by atomic mass is 16.4. The molecule has 0 aromatic carbocycles. The van der Waals surface area contributed by atoms with E-state index in [0.717, 1.165) is 16.1 Å². The molecular formula is C11H28N2O5. The lowest BCUT2D eigenvalue weighted by Gasteiger charge is -2.14. The normalized spacial score (nSPS) is 9.44. The van der Waals surface area contributed by atoms with Gasteiger partial charge in [-0.15, -0.1) is 0 Å². The van der Waals surface area contributed by atoms with Crippen LogP contribution >= 0.6 is 0 Å². The second-order valence-corrected chi connectivity index (χ2v) is 5.94. The molecule has 0 unspecified atom stereocenters. The largest absolute Gasteiger partial charge is 0.543 e. The van der Waals surface area contributed by atoms with Crippen molar-refractivity contribution in [1.29, 1.82) is 0 Å². The molecule has 0 rings (SSSR count). The van der Waals surface area contributed by atoms with Crippen LogP contribution in [0.3, 0.4) is 0 Å². The maximum absolute atomic E-state index is 8.93. The molecule has 7 heteroatoms. The van der Waals surface area contributed by atoms with E-state index >= 15 is 0 Å². The number of quaternary nitrogens is 2. The number of carbonyl (C=O) groups is 2. The molecule has 0 aliphatic rings. The van der Waals surface area contributed by atoms with E-state index in [0.29, 0.717) is 0 Å². The third-order valence-corrected chi connectivity index (χ3v) is 0.167. The van der Waals surface area contributed by atoms with Crippen LogP contribution in [-0.4, -0.2) is 89.5 Å². The summed E-state index contributed by atoms with van der Waals surface area (Å²) in [6.45, 7) is 0. The molecule has 0 heterocycles. The summed E-state index contributed by atoms with van der Waals surface area (Å²) < 4.78 is 2.00. The van der Waals surface area contributed by atoms with Crippen LogP contribution in [0.15, 0.2) is 0 Å². The Morgan fingerprint density at radius 1 is 0.667 bits per heavy atom. The average molecular weight is 268 g/mol. The van der Waals surface area contributed by atoms with Gasteiger partial charge in [-0.1, -0.05) is 0 Å². The number of carboxylic acids is 2. The number of rotatable bonds is 0. The predicted molar refractivity (Wildman–Crippen MR) is 66.1 cm³/mol. The Morgan fingerprint density at radius 3 is 0.722 bits per heavy atom. The molecule has 0 saturated heterocycles. The highest BCUT2D eigenvalue weighted by Crippen LogP contribution is 1.74. The molecular weight excluding hydrogens is 240 g/mol. The van der Waals surface area contributed by atoms with Gasteiger partial charge in [-0.3, -0.25) is 0 Å². The molecule has 0 amide bonds. The lowest BCUT2D eigenvalue weighted by Crippen LogP contribution is -2.42. The van der Waals surface area contributed by atoms with Crippen molar-refractivity contribution in [2.24, 2.45) is 0 Å². The van der Waals surface area contributed by atoms with Crippen molar-refractivity contribution in [3.05, 3.63) is 0 Å². The number of carbonyl (C=O) groups excluding carboxylic acids is 2. The summed E-state index contributed by atoms with van der Waals surface area (Å²) in [4.78, 5) is 17.9. The van der Waals surface area contributed by atoms with Crippen LogP contribution in [0.25, 0.3) is 0 Å². The third-order valence-electron chi connectivity index (χ3n) is 0.167. The lowest BCUT2D eigenvalue weighted by molar-refractivity contribution is -0.849. The number of nitrogens with zero attached hydrogens (tertiary/aromatic N) is 2. The van der Waals surface area contributed by atoms with Crippen LogP contribution in [0, 0.1) is 0 Å². The third kappa shape index (κ3) is 356. The van der Waals surface area contributed by atoms with E-state index in [1.54, 1.807) is 0 Å². The van der Waals surface area contributed by atoms with E-state index in [1.165, 1.54) is 0 Å². The van der Waals surface area contributed by atoms with Gasteiger partial charge in [0.2, 0.25) is 0 Å². The van der Waals surface area contributed by atoms with E-state index in [2.05, 4.69) is 56.4 Å². The standard InChI is InChI=1S/2C4H12N.C2H2O4.CH4O/c2*1-5(2,3)4;3-1(4)2(5)6;1-2/h2*1-4H3;(H,3,4)(H,5,6);2H,1H3/q2*+1;;/p-2. The van der Waals surface area contributed by atoms with Crippen molar-refractivity contribution < 1.29 is 33.9 Å². The average Bonchev–Trinajstić information content (AvgIpc) is 2.01. The van der Waals surface area contributed by atoms with Gasteiger partial charge < -0.3 is 33.9 Å². The Labute approximate surface area is 110 Å². The van der Waals surface area contributed by atoms with Crippen LogP contribution in [0.5, 0.6) is 0 Å². The molecule has 0 bridgehead atoms. The van der Waals surface area contributed by atoms with Gasteiger partial charge in [-0.05, 0) is 0 Å². The zero-order valence-corrected chi connectivity index (χ0v) is 13.0. The van der Waals surface area contributed by atoms with Crippen molar-refractivity contribution in [3.63, 3.8) is 0 Å². The fraction of sp³-hybridized carbons (Fsp3) is 0.818. The highest BCUT2D eigenvalue weighted by molar-refractivity contribution is 6.25. The Balaban J connectivity index is -0.0000000766. The smallest absolute Gasteiger partial charge is 0.0870 e. The molecule has 112 valence electrons. The Kier molecular flexibility index (Phi) is 17.5. The van der Waals surface area contributed by atoms with Gasteiger partial charge >= 0.3 is 0 Å². The van der Waals surface area contributed by atoms with Crippen LogP contribution in [0.1, 0.15) is 0 Å². The first kappa shape index (κ1) is 25.6. The summed E-state index contributed by atoms with van der Waals surface area (Å²) in [5, 5.41) is 24.9. The molecule has 0 aromatic rings. The van der Waals surface area contributed by atoms with Gasteiger partial charge in [0.25, 0.3) is 0 Å². The molecule has 0 aliphatic carbocycles. The predicted octanol–water partition coefficient (Wildman–Crippen LogP) is -3.26. The molecule has 0 aromatic heterocycles. The SMILES string of the molecule is CO.C[N+](C)(C)C.C[N+](C)(C)C.O=C([O-])C(=O)[O-]. The van der Waals surface area contributed by atoms with Crippen molar-refractivity contribution in [3.8, 4) is 0 Å². The van der Waals surface area contributed by atoms with Gasteiger partial charge in [0.15, 0.2) is 0 Å². The number of aliphatic hydroxyl groups excluding tert-OH is 1. The number of hydrogen-bond donors (Lipinski definition) is 1. The van der Waals surface area contributed by atoms with Gasteiger partial charge in [-0.2, -0.15) is 0 Å². The first-order valence-corrected chi connectivity index (χ1v) is 5.09. The lowest BCUT2D eigenvalue weighted by atomic mass is 10.7. The highest BCUT2D eigenvalue weighted by Gasteiger charge is 1.88. The summed E-state index contributed by atoms with van der Waals surface area (Å²) in [7, 11) is 18.0. The van der Waals surface area contributed by atoms with Gasteiger partial charge in [0, 0.05) is 7.11 Å². The maximum Gasteiger partial charge on any atom is 0.0870 e. The molecule has 0 fully saturated rings. The number of hydrogen-bond acceptors (Lipinski definition) is 5. The Morgan fingerprint density at radius 2 is 0.722 bits per heavy atom. The van der Waals surface area contributed by atoms with Crippen molar-refractivity contribution >= 4 is 11.9 Å². The van der Waals surface area contributed by atoms with Gasteiger partial charge in [0.05, 0.1) is 68.3 Å². The number of aliphatic hydroxyl groups is 1. The molecule has 0 radical (unpaired) electrons. The second kappa shape index (κ2) is 12.3. The Bertz CT molecular complexity index is 180. The first-order valence-electron chi connectivity index (χ1n) is 5.09. The fourth-order valence-corrected chi connectivity index (χ4v) is 0. The molecule has 7 nitrogen and oxygen atoms in total. The minimum Gasteiger partial charge on any atom is -0.543 e. The van der Waals surface area contributed by atoms with Gasteiger partial charge in [0.1, 0.15) is 0 Å². The molecule has 0 saturated carbocycles. The van der Waals surface area contributed by atoms with Crippen molar-refractivity contribution in [2.75, 3.05) is 63.5 Å². The fourth-order valence-electron chi connectivity index (χ4n) is 0. The topological polar surface area (TPSA) is 100 Å². The minimum absolute atomic E-state index is 1.00. The molecule has 0 aliphatic heterocycles. The summed E-state index contributed by atoms with van der Waals surface area (Å²) in [5.74, 6) is -4.37. The van der Waals surface area contributed by atoms with E-state index in [1.807, 2.05) is 0 Å². The van der Waals surface area contributed by atoms with Gasteiger partial charge in [-0.25, -0.2) is 0 Å². The van der Waals surface area contributed by atoms with Crippen molar-refractivity contribution in [2.45, 2.75) is 0 Å². The summed E-state index contributed by atoms with van der Waals surface area (Å²) in [6, 6.07) is 0. The molecule has 0 atom stereocenters. The monoisotopic (exact) mass is 268 g/mol. The number of aliphatic carboxylic acids is 2. The summed E-state index contributed by atoms with van der Waals surface area (Å²) in [5.41, 5.74) is 0. The van der Waals surface area contributed by atoms with Crippen molar-refractivity contribution in [1.82, 2.24) is 0 Å². The number of carboxylic acid groups (broad SMARTS) is 2. The Hall–Kier alpha value is -1.18. The van der Waals surface area contributed by atoms with Crippen LogP contribution in [0.2, 0.25) is 0 Å². The molecule has 1 N–H and O–H groups in total. The summed E-state index contributed by atoms with van der Waals surface area (Å²) >= 11 is 0. The van der Waals surface area contributed by atoms with E-state index in [4.69, 9.17) is 24.9 Å². The second-order valence-electron chi connectivity index (χ2n) is 5.94. The molecule has 18 heavy (non-hydrogen) atoms. The molecule has 0 spiro atoms.